The zero-order valence-corrected chi connectivity index (χ0v) is 13.4. The quantitative estimate of drug-likeness (QED) is 0.749. The maximum atomic E-state index is 5.86. The van der Waals surface area contributed by atoms with Crippen LogP contribution in [-0.2, 0) is 0 Å². The normalized spacial score (nSPS) is 11.0. The number of hydrogen-bond donors (Lipinski definition) is 0. The number of nitrogens with zero attached hydrogens (tertiary/aromatic N) is 1. The Bertz CT molecular complexity index is 651. The molecule has 22 heavy (non-hydrogen) atoms. The number of hydrogen-bond acceptors (Lipinski definition) is 4. The molecule has 4 heteroatoms. The molecule has 0 fully saturated rings. The van der Waals surface area contributed by atoms with Gasteiger partial charge in [0.1, 0.15) is 5.75 Å². The summed E-state index contributed by atoms with van der Waals surface area (Å²) in [6, 6.07) is 13.3. The lowest BCUT2D eigenvalue weighted by molar-refractivity contribution is 0.230. The summed E-state index contributed by atoms with van der Waals surface area (Å²) in [5, 5.41) is 0. The van der Waals surface area contributed by atoms with Crippen LogP contribution in [0.5, 0.6) is 17.2 Å². The van der Waals surface area contributed by atoms with Crippen LogP contribution in [0.2, 0.25) is 0 Å². The molecule has 0 atom stereocenters. The van der Waals surface area contributed by atoms with E-state index < -0.39 is 0 Å². The van der Waals surface area contributed by atoms with Crippen molar-refractivity contribution in [2.75, 3.05) is 14.2 Å². The molecule has 4 nitrogen and oxygen atoms in total. The molecule has 0 aromatic heterocycles. The number of para-hydroxylation sites is 1. The summed E-state index contributed by atoms with van der Waals surface area (Å²) in [5.41, 5.74) is 1.69. The van der Waals surface area contributed by atoms with E-state index in [1.54, 1.807) is 20.4 Å². The second kappa shape index (κ2) is 7.50. The maximum absolute atomic E-state index is 5.86. The van der Waals surface area contributed by atoms with Crippen LogP contribution in [0.3, 0.4) is 0 Å². The Kier molecular flexibility index (Phi) is 5.42. The van der Waals surface area contributed by atoms with Crippen LogP contribution in [0.1, 0.15) is 19.4 Å². The van der Waals surface area contributed by atoms with Gasteiger partial charge in [-0.05, 0) is 38.1 Å². The highest BCUT2D eigenvalue weighted by atomic mass is 16.5. The van der Waals surface area contributed by atoms with Crippen molar-refractivity contribution in [1.29, 1.82) is 0 Å². The smallest absolute Gasteiger partial charge is 0.170 e. The molecule has 2 rings (SSSR count). The second-order valence-electron chi connectivity index (χ2n) is 5.00. The van der Waals surface area contributed by atoms with E-state index in [1.165, 1.54) is 0 Å². The molecule has 0 aliphatic carbocycles. The molecule has 0 saturated carbocycles. The fourth-order valence-electron chi connectivity index (χ4n) is 1.99. The fraction of sp³-hybridized carbons (Fsp3) is 0.278. The first-order valence-corrected chi connectivity index (χ1v) is 7.16. The third-order valence-electron chi connectivity index (χ3n) is 2.99. The van der Waals surface area contributed by atoms with E-state index in [4.69, 9.17) is 14.2 Å². The second-order valence-corrected chi connectivity index (χ2v) is 5.00. The van der Waals surface area contributed by atoms with E-state index in [-0.39, 0.29) is 6.10 Å². The Hall–Kier alpha value is -2.49. The van der Waals surface area contributed by atoms with Crippen molar-refractivity contribution >= 4 is 11.9 Å². The molecular weight excluding hydrogens is 278 g/mol. The third kappa shape index (κ3) is 4.01. The molecule has 0 heterocycles. The highest BCUT2D eigenvalue weighted by Gasteiger charge is 2.10. The van der Waals surface area contributed by atoms with Gasteiger partial charge in [0.2, 0.25) is 0 Å². The molecule has 116 valence electrons. The molecular formula is C18H21NO3. The van der Waals surface area contributed by atoms with E-state index in [1.807, 2.05) is 56.3 Å². The summed E-state index contributed by atoms with van der Waals surface area (Å²) in [4.78, 5) is 4.49. The fourth-order valence-corrected chi connectivity index (χ4v) is 1.99. The van der Waals surface area contributed by atoms with E-state index in [0.29, 0.717) is 11.5 Å². The minimum Gasteiger partial charge on any atom is -0.497 e. The van der Waals surface area contributed by atoms with Crippen LogP contribution >= 0.6 is 0 Å². The molecule has 0 amide bonds. The SMILES string of the molecule is COc1cccc(N=Cc2cccc(OC)c2OC(C)C)c1. The molecule has 0 saturated heterocycles. The molecule has 0 bridgehead atoms. The number of benzene rings is 2. The first-order chi connectivity index (χ1) is 10.6. The summed E-state index contributed by atoms with van der Waals surface area (Å²) in [7, 11) is 3.27. The van der Waals surface area contributed by atoms with Crippen LogP contribution < -0.4 is 14.2 Å². The standard InChI is InChI=1S/C18H21NO3/c1-13(2)22-18-14(7-5-10-17(18)21-4)12-19-15-8-6-9-16(11-15)20-3/h5-13H,1-4H3. The predicted molar refractivity (Wildman–Crippen MR) is 89.0 cm³/mol. The van der Waals surface area contributed by atoms with Crippen molar-refractivity contribution in [3.8, 4) is 17.2 Å². The van der Waals surface area contributed by atoms with E-state index >= 15 is 0 Å². The van der Waals surface area contributed by atoms with Crippen molar-refractivity contribution in [1.82, 2.24) is 0 Å². The van der Waals surface area contributed by atoms with Gasteiger partial charge in [0.25, 0.3) is 0 Å². The first-order valence-electron chi connectivity index (χ1n) is 7.16. The summed E-state index contributed by atoms with van der Waals surface area (Å²) in [6.07, 6.45) is 1.83. The first kappa shape index (κ1) is 15.9. The van der Waals surface area contributed by atoms with Crippen molar-refractivity contribution in [3.63, 3.8) is 0 Å². The highest BCUT2D eigenvalue weighted by Crippen LogP contribution is 2.31. The summed E-state index contributed by atoms with van der Waals surface area (Å²) < 4.78 is 16.4. The van der Waals surface area contributed by atoms with Crippen LogP contribution in [0.15, 0.2) is 47.5 Å². The monoisotopic (exact) mass is 299 g/mol. The van der Waals surface area contributed by atoms with Crippen molar-refractivity contribution in [2.45, 2.75) is 20.0 Å². The Labute approximate surface area is 131 Å². The van der Waals surface area contributed by atoms with Gasteiger partial charge in [-0.25, -0.2) is 0 Å². The zero-order chi connectivity index (χ0) is 15.9. The summed E-state index contributed by atoms with van der Waals surface area (Å²) in [6.45, 7) is 3.96. The van der Waals surface area contributed by atoms with Gasteiger partial charge in [0.15, 0.2) is 11.5 Å². The van der Waals surface area contributed by atoms with Gasteiger partial charge in [0, 0.05) is 17.8 Å². The van der Waals surface area contributed by atoms with Crippen molar-refractivity contribution < 1.29 is 14.2 Å². The Morgan fingerprint density at radius 3 is 2.45 bits per heavy atom. The largest absolute Gasteiger partial charge is 0.497 e. The van der Waals surface area contributed by atoms with Gasteiger partial charge >= 0.3 is 0 Å². The van der Waals surface area contributed by atoms with Crippen LogP contribution in [0.4, 0.5) is 5.69 Å². The Morgan fingerprint density at radius 1 is 1.00 bits per heavy atom. The minimum absolute atomic E-state index is 0.0558. The van der Waals surface area contributed by atoms with Gasteiger partial charge in [-0.15, -0.1) is 0 Å². The molecule has 0 aliphatic rings. The lowest BCUT2D eigenvalue weighted by Crippen LogP contribution is -2.08. The summed E-state index contributed by atoms with van der Waals surface area (Å²) in [5.74, 6) is 2.17. The van der Waals surface area contributed by atoms with Gasteiger partial charge < -0.3 is 14.2 Å². The Morgan fingerprint density at radius 2 is 1.77 bits per heavy atom. The summed E-state index contributed by atoms with van der Waals surface area (Å²) >= 11 is 0. The molecule has 2 aromatic rings. The highest BCUT2D eigenvalue weighted by molar-refractivity contribution is 5.87. The van der Waals surface area contributed by atoms with E-state index in [2.05, 4.69) is 4.99 Å². The average Bonchev–Trinajstić information content (AvgIpc) is 2.53. The van der Waals surface area contributed by atoms with Crippen LogP contribution in [0.25, 0.3) is 0 Å². The molecule has 0 spiro atoms. The zero-order valence-electron chi connectivity index (χ0n) is 13.4. The van der Waals surface area contributed by atoms with Gasteiger partial charge in [0.05, 0.1) is 26.0 Å². The third-order valence-corrected chi connectivity index (χ3v) is 2.99. The molecule has 0 unspecified atom stereocenters. The topological polar surface area (TPSA) is 40.0 Å². The van der Waals surface area contributed by atoms with Crippen molar-refractivity contribution in [2.24, 2.45) is 4.99 Å². The molecule has 0 N–H and O–H groups in total. The number of rotatable bonds is 6. The van der Waals surface area contributed by atoms with Gasteiger partial charge in [-0.2, -0.15) is 0 Å². The van der Waals surface area contributed by atoms with E-state index in [0.717, 1.165) is 17.0 Å². The molecule has 0 radical (unpaired) electrons. The molecule has 2 aromatic carbocycles. The number of aliphatic imine (C=N–C) groups is 1. The number of ether oxygens (including phenoxy) is 3. The van der Waals surface area contributed by atoms with Crippen molar-refractivity contribution in [3.05, 3.63) is 48.0 Å². The minimum atomic E-state index is 0.0558. The lowest BCUT2D eigenvalue weighted by atomic mass is 10.2. The van der Waals surface area contributed by atoms with Gasteiger partial charge in [-0.1, -0.05) is 12.1 Å². The van der Waals surface area contributed by atoms with Crippen LogP contribution in [-0.4, -0.2) is 26.5 Å². The predicted octanol–water partition coefficient (Wildman–Crippen LogP) is 4.24. The maximum Gasteiger partial charge on any atom is 0.170 e. The lowest BCUT2D eigenvalue weighted by Gasteiger charge is -2.15. The van der Waals surface area contributed by atoms with Crippen LogP contribution in [0, 0.1) is 0 Å². The Balaban J connectivity index is 2.33. The van der Waals surface area contributed by atoms with Gasteiger partial charge in [-0.3, -0.25) is 4.99 Å². The van der Waals surface area contributed by atoms with E-state index in [9.17, 15) is 0 Å². The average molecular weight is 299 g/mol. The molecule has 0 aliphatic heterocycles. The number of methoxy groups -OCH3 is 2.